The summed E-state index contributed by atoms with van der Waals surface area (Å²) in [5, 5.41) is 14.7. The smallest absolute Gasteiger partial charge is 0.411 e. The number of nitrogens with one attached hydrogen (secondary N) is 2. The molecule has 2 amide bonds. The molecule has 0 heterocycles. The van der Waals surface area contributed by atoms with Crippen LogP contribution in [-0.2, 0) is 4.74 Å². The minimum Gasteiger partial charge on any atom is -0.530 e. The molecule has 1 aromatic carbocycles. The summed E-state index contributed by atoms with van der Waals surface area (Å²) in [4.78, 5) is 21.1. The molecule has 1 rings (SSSR count). The van der Waals surface area contributed by atoms with E-state index < -0.39 is 12.2 Å². The van der Waals surface area contributed by atoms with E-state index in [4.69, 9.17) is 0 Å². The summed E-state index contributed by atoms with van der Waals surface area (Å²) in [6.07, 6.45) is -2.04. The van der Waals surface area contributed by atoms with Gasteiger partial charge in [0.1, 0.15) is 6.09 Å². The Labute approximate surface area is 85.9 Å². The van der Waals surface area contributed by atoms with Crippen molar-refractivity contribution < 1.29 is 19.4 Å². The first kappa shape index (κ1) is 10.8. The number of carbonyl (C=O) groups excluding carboxylic acids is 2. The Morgan fingerprint density at radius 3 is 2.40 bits per heavy atom. The topological polar surface area (TPSA) is 90.5 Å². The maximum absolute atomic E-state index is 10.8. The number of amides is 2. The van der Waals surface area contributed by atoms with Crippen LogP contribution in [0.1, 0.15) is 0 Å². The highest BCUT2D eigenvalue weighted by Crippen LogP contribution is 2.14. The lowest BCUT2D eigenvalue weighted by Gasteiger charge is -2.08. The molecule has 0 atom stereocenters. The van der Waals surface area contributed by atoms with E-state index in [9.17, 15) is 14.7 Å². The third-order valence-corrected chi connectivity index (χ3v) is 1.54. The maximum atomic E-state index is 10.8. The minimum absolute atomic E-state index is 0.309. The van der Waals surface area contributed by atoms with E-state index in [0.29, 0.717) is 11.4 Å². The molecule has 0 unspecified atom stereocenters. The van der Waals surface area contributed by atoms with Gasteiger partial charge in [-0.25, -0.2) is 4.79 Å². The van der Waals surface area contributed by atoms with Crippen molar-refractivity contribution in [2.45, 2.75) is 0 Å². The zero-order valence-electron chi connectivity index (χ0n) is 7.94. The van der Waals surface area contributed by atoms with Crippen LogP contribution in [0.15, 0.2) is 24.3 Å². The molecule has 0 saturated heterocycles. The van der Waals surface area contributed by atoms with Gasteiger partial charge < -0.3 is 20.0 Å². The SMILES string of the molecule is COC(=O)Nc1cccc(NC(=O)[O-])c1. The summed E-state index contributed by atoms with van der Waals surface area (Å²) in [6, 6.07) is 6.14. The molecule has 2 N–H and O–H groups in total. The number of hydrogen-bond acceptors (Lipinski definition) is 4. The van der Waals surface area contributed by atoms with E-state index in [0.717, 1.165) is 0 Å². The van der Waals surface area contributed by atoms with Crippen LogP contribution < -0.4 is 15.7 Å². The molecule has 0 radical (unpaired) electrons. The van der Waals surface area contributed by atoms with Gasteiger partial charge in [0.05, 0.1) is 7.11 Å². The molecule has 0 spiro atoms. The molecule has 0 aliphatic rings. The highest BCUT2D eigenvalue weighted by molar-refractivity contribution is 5.87. The van der Waals surface area contributed by atoms with Crippen LogP contribution in [0.25, 0.3) is 0 Å². The van der Waals surface area contributed by atoms with Gasteiger partial charge in [-0.2, -0.15) is 0 Å². The van der Waals surface area contributed by atoms with Gasteiger partial charge in [-0.05, 0) is 18.2 Å². The van der Waals surface area contributed by atoms with E-state index in [1.807, 2.05) is 5.32 Å². The Kier molecular flexibility index (Phi) is 3.50. The van der Waals surface area contributed by atoms with Crippen molar-refractivity contribution in [1.29, 1.82) is 0 Å². The summed E-state index contributed by atoms with van der Waals surface area (Å²) < 4.78 is 4.38. The fourth-order valence-electron chi connectivity index (χ4n) is 0.961. The van der Waals surface area contributed by atoms with Gasteiger partial charge >= 0.3 is 6.09 Å². The summed E-state index contributed by atoms with van der Waals surface area (Å²) in [5.41, 5.74) is 0.733. The van der Waals surface area contributed by atoms with Crippen molar-refractivity contribution in [2.24, 2.45) is 0 Å². The van der Waals surface area contributed by atoms with Gasteiger partial charge in [-0.1, -0.05) is 6.07 Å². The lowest BCUT2D eigenvalue weighted by atomic mass is 10.3. The second-order valence-corrected chi connectivity index (χ2v) is 2.61. The van der Waals surface area contributed by atoms with Crippen molar-refractivity contribution in [3.63, 3.8) is 0 Å². The third-order valence-electron chi connectivity index (χ3n) is 1.54. The third kappa shape index (κ3) is 3.55. The van der Waals surface area contributed by atoms with E-state index >= 15 is 0 Å². The van der Waals surface area contributed by atoms with E-state index in [-0.39, 0.29) is 0 Å². The number of methoxy groups -OCH3 is 1. The van der Waals surface area contributed by atoms with Crippen molar-refractivity contribution in [3.8, 4) is 0 Å². The molecular weight excluding hydrogens is 200 g/mol. The summed E-state index contributed by atoms with van der Waals surface area (Å²) in [5.74, 6) is 0. The van der Waals surface area contributed by atoms with Crippen LogP contribution in [-0.4, -0.2) is 19.3 Å². The second kappa shape index (κ2) is 4.85. The number of ether oxygens (including phenoxy) is 1. The highest BCUT2D eigenvalue weighted by Gasteiger charge is 2.00. The molecule has 1 aromatic rings. The van der Waals surface area contributed by atoms with E-state index in [2.05, 4.69) is 10.1 Å². The number of carbonyl (C=O) groups is 2. The zero-order chi connectivity index (χ0) is 11.3. The largest absolute Gasteiger partial charge is 0.530 e. The Balaban J connectivity index is 2.74. The fourth-order valence-corrected chi connectivity index (χ4v) is 0.961. The van der Waals surface area contributed by atoms with Gasteiger partial charge in [0.15, 0.2) is 0 Å². The molecule has 15 heavy (non-hydrogen) atoms. The van der Waals surface area contributed by atoms with Gasteiger partial charge in [-0.3, -0.25) is 5.32 Å². The molecule has 0 aromatic heterocycles. The average molecular weight is 209 g/mol. The lowest BCUT2D eigenvalue weighted by Crippen LogP contribution is -2.28. The summed E-state index contributed by atoms with van der Waals surface area (Å²) in [6.45, 7) is 0. The van der Waals surface area contributed by atoms with Gasteiger partial charge in [0.25, 0.3) is 0 Å². The highest BCUT2D eigenvalue weighted by atomic mass is 16.5. The Hall–Kier alpha value is -2.24. The first-order valence-corrected chi connectivity index (χ1v) is 4.05. The number of hydrogen-bond donors (Lipinski definition) is 2. The first-order chi connectivity index (χ1) is 7.11. The predicted molar refractivity (Wildman–Crippen MR) is 51.5 cm³/mol. The second-order valence-electron chi connectivity index (χ2n) is 2.61. The van der Waals surface area contributed by atoms with Gasteiger partial charge in [-0.15, -0.1) is 0 Å². The number of benzene rings is 1. The number of rotatable bonds is 2. The molecule has 6 heteroatoms. The fraction of sp³-hybridized carbons (Fsp3) is 0.111. The Morgan fingerprint density at radius 1 is 1.27 bits per heavy atom. The monoisotopic (exact) mass is 209 g/mol. The Morgan fingerprint density at radius 2 is 1.87 bits per heavy atom. The van der Waals surface area contributed by atoms with Crippen molar-refractivity contribution in [2.75, 3.05) is 17.7 Å². The quantitative estimate of drug-likeness (QED) is 0.746. The molecular formula is C9H9N2O4-. The van der Waals surface area contributed by atoms with Crippen molar-refractivity contribution >= 4 is 23.6 Å². The van der Waals surface area contributed by atoms with Crippen LogP contribution in [0.2, 0.25) is 0 Å². The van der Waals surface area contributed by atoms with E-state index in [1.54, 1.807) is 12.1 Å². The maximum Gasteiger partial charge on any atom is 0.411 e. The molecule has 80 valence electrons. The molecule has 0 aliphatic carbocycles. The van der Waals surface area contributed by atoms with Crippen LogP contribution in [0.3, 0.4) is 0 Å². The van der Waals surface area contributed by atoms with Crippen LogP contribution in [0.5, 0.6) is 0 Å². The molecule has 0 bridgehead atoms. The van der Waals surface area contributed by atoms with E-state index in [1.165, 1.54) is 19.2 Å². The summed E-state index contributed by atoms with van der Waals surface area (Å²) in [7, 11) is 1.23. The number of carboxylic acid groups (broad SMARTS) is 1. The van der Waals surface area contributed by atoms with Gasteiger partial charge in [0.2, 0.25) is 0 Å². The van der Waals surface area contributed by atoms with Gasteiger partial charge in [0, 0.05) is 11.4 Å². The van der Waals surface area contributed by atoms with Crippen LogP contribution in [0.4, 0.5) is 21.0 Å². The molecule has 0 aliphatic heterocycles. The van der Waals surface area contributed by atoms with Crippen molar-refractivity contribution in [3.05, 3.63) is 24.3 Å². The predicted octanol–water partition coefficient (Wildman–Crippen LogP) is 0.620. The summed E-state index contributed by atoms with van der Waals surface area (Å²) >= 11 is 0. The first-order valence-electron chi connectivity index (χ1n) is 4.05. The lowest BCUT2D eigenvalue weighted by molar-refractivity contribution is -0.242. The molecule has 0 fully saturated rings. The number of anilines is 2. The average Bonchev–Trinajstić information content (AvgIpc) is 2.17. The van der Waals surface area contributed by atoms with Crippen LogP contribution in [0, 0.1) is 0 Å². The van der Waals surface area contributed by atoms with Crippen LogP contribution >= 0.6 is 0 Å². The molecule has 6 nitrogen and oxygen atoms in total. The Bertz CT molecular complexity index is 378. The minimum atomic E-state index is -1.41. The normalized spacial score (nSPS) is 9.13. The zero-order valence-corrected chi connectivity index (χ0v) is 7.94. The standard InChI is InChI=1S/C9H10N2O4/c1-15-9(14)11-7-4-2-3-6(5-7)10-8(12)13/h2-5,10H,1H3,(H,11,14)(H,12,13)/p-1. The van der Waals surface area contributed by atoms with Crippen molar-refractivity contribution in [1.82, 2.24) is 0 Å². The molecule has 0 saturated carbocycles.